The molecule has 3 heterocycles. The minimum atomic E-state index is -0.296. The fourth-order valence-corrected chi connectivity index (χ4v) is 4.67. The van der Waals surface area contributed by atoms with Gasteiger partial charge in [-0.05, 0) is 50.4 Å². The number of likely N-dealkylation sites (N-methyl/N-ethyl adjacent to an activating group) is 1. The highest BCUT2D eigenvalue weighted by Crippen LogP contribution is 2.34. The van der Waals surface area contributed by atoms with Crippen LogP contribution in [0, 0.1) is 11.7 Å². The topological polar surface area (TPSA) is 36.0 Å². The van der Waals surface area contributed by atoms with Crippen LogP contribution in [0.15, 0.2) is 24.3 Å². The highest BCUT2D eigenvalue weighted by atomic mass is 19.1. The van der Waals surface area contributed by atoms with Gasteiger partial charge in [0.25, 0.3) is 0 Å². The van der Waals surface area contributed by atoms with Crippen molar-refractivity contribution in [3.8, 4) is 0 Å². The number of amides is 1. The van der Waals surface area contributed by atoms with Crippen molar-refractivity contribution in [1.29, 1.82) is 0 Å². The predicted octanol–water partition coefficient (Wildman–Crippen LogP) is 1.98. The molecule has 5 nitrogen and oxygen atoms in total. The van der Waals surface area contributed by atoms with Crippen molar-refractivity contribution in [2.75, 3.05) is 57.9 Å². The van der Waals surface area contributed by atoms with Crippen molar-refractivity contribution in [3.63, 3.8) is 0 Å². The van der Waals surface area contributed by atoms with Gasteiger partial charge >= 0.3 is 0 Å². The molecule has 1 atom stereocenters. The molecule has 3 fully saturated rings. The Labute approximate surface area is 154 Å². The Morgan fingerprint density at radius 3 is 2.85 bits per heavy atom. The second-order valence-corrected chi connectivity index (χ2v) is 8.08. The SMILES string of the molecule is CN1CC(=O)N(c2cccc(F)c2)CC12CCN(CC1CCOCC1)C2. The second-order valence-electron chi connectivity index (χ2n) is 8.08. The number of anilines is 1. The standard InChI is InChI=1S/C20H28FN3O2/c1-22-13-19(25)24(18-4-2-3-17(21)11-18)15-20(22)7-8-23(14-20)12-16-5-9-26-10-6-16/h2-4,11,16H,5-10,12-15H2,1H3. The number of benzene rings is 1. The summed E-state index contributed by atoms with van der Waals surface area (Å²) >= 11 is 0. The molecule has 1 amide bonds. The number of halogens is 1. The zero-order valence-electron chi connectivity index (χ0n) is 15.5. The lowest BCUT2D eigenvalue weighted by Crippen LogP contribution is -2.64. The number of carbonyl (C=O) groups excluding carboxylic acids is 1. The van der Waals surface area contributed by atoms with Gasteiger partial charge in [0.15, 0.2) is 0 Å². The van der Waals surface area contributed by atoms with E-state index in [1.165, 1.54) is 12.1 Å². The number of hydrogen-bond donors (Lipinski definition) is 0. The third-order valence-corrected chi connectivity index (χ3v) is 6.32. The summed E-state index contributed by atoms with van der Waals surface area (Å²) < 4.78 is 19.1. The van der Waals surface area contributed by atoms with Crippen LogP contribution in [0.4, 0.5) is 10.1 Å². The van der Waals surface area contributed by atoms with Gasteiger partial charge in [-0.2, -0.15) is 0 Å². The molecular formula is C20H28FN3O2. The fourth-order valence-electron chi connectivity index (χ4n) is 4.67. The van der Waals surface area contributed by atoms with Crippen LogP contribution >= 0.6 is 0 Å². The van der Waals surface area contributed by atoms with E-state index in [2.05, 4.69) is 16.8 Å². The monoisotopic (exact) mass is 361 g/mol. The summed E-state index contributed by atoms with van der Waals surface area (Å²) in [7, 11) is 2.05. The first-order valence-corrected chi connectivity index (χ1v) is 9.63. The van der Waals surface area contributed by atoms with Crippen LogP contribution in [0.1, 0.15) is 19.3 Å². The first kappa shape index (κ1) is 17.9. The molecule has 3 saturated heterocycles. The molecule has 26 heavy (non-hydrogen) atoms. The van der Waals surface area contributed by atoms with Crippen LogP contribution in [0.3, 0.4) is 0 Å². The molecule has 0 radical (unpaired) electrons. The number of hydrogen-bond acceptors (Lipinski definition) is 4. The van der Waals surface area contributed by atoms with Gasteiger partial charge in [-0.3, -0.25) is 9.69 Å². The van der Waals surface area contributed by atoms with E-state index in [1.807, 2.05) is 6.07 Å². The van der Waals surface area contributed by atoms with E-state index in [0.717, 1.165) is 52.1 Å². The number of ether oxygens (including phenoxy) is 1. The van der Waals surface area contributed by atoms with Crippen LogP contribution in [-0.4, -0.2) is 74.2 Å². The molecular weight excluding hydrogens is 333 g/mol. The molecule has 1 aromatic rings. The molecule has 0 saturated carbocycles. The van der Waals surface area contributed by atoms with Gasteiger partial charge in [-0.25, -0.2) is 4.39 Å². The van der Waals surface area contributed by atoms with E-state index in [4.69, 9.17) is 4.74 Å². The van der Waals surface area contributed by atoms with Crippen molar-refractivity contribution in [2.45, 2.75) is 24.8 Å². The Hall–Kier alpha value is -1.50. The highest BCUT2D eigenvalue weighted by Gasteiger charge is 2.47. The number of nitrogens with zero attached hydrogens (tertiary/aromatic N) is 3. The molecule has 1 spiro atoms. The normalized spacial score (nSPS) is 29.0. The molecule has 0 aliphatic carbocycles. The van der Waals surface area contributed by atoms with E-state index >= 15 is 0 Å². The first-order chi connectivity index (χ1) is 12.6. The summed E-state index contributed by atoms with van der Waals surface area (Å²) in [5.74, 6) is 0.469. The predicted molar refractivity (Wildman–Crippen MR) is 98.7 cm³/mol. The lowest BCUT2D eigenvalue weighted by Gasteiger charge is -2.47. The number of rotatable bonds is 3. The molecule has 3 aliphatic heterocycles. The van der Waals surface area contributed by atoms with E-state index in [1.54, 1.807) is 11.0 Å². The second kappa shape index (κ2) is 7.25. The quantitative estimate of drug-likeness (QED) is 0.825. The van der Waals surface area contributed by atoms with Crippen LogP contribution in [-0.2, 0) is 9.53 Å². The summed E-state index contributed by atoms with van der Waals surface area (Å²) in [5, 5.41) is 0. The number of carbonyl (C=O) groups is 1. The third-order valence-electron chi connectivity index (χ3n) is 6.32. The summed E-state index contributed by atoms with van der Waals surface area (Å²) in [6, 6.07) is 6.39. The van der Waals surface area contributed by atoms with Gasteiger partial charge < -0.3 is 14.5 Å². The van der Waals surface area contributed by atoms with Crippen LogP contribution < -0.4 is 4.90 Å². The first-order valence-electron chi connectivity index (χ1n) is 9.63. The van der Waals surface area contributed by atoms with Gasteiger partial charge in [-0.1, -0.05) is 6.07 Å². The van der Waals surface area contributed by atoms with Gasteiger partial charge in [0, 0.05) is 45.1 Å². The summed E-state index contributed by atoms with van der Waals surface area (Å²) in [4.78, 5) is 19.1. The van der Waals surface area contributed by atoms with Crippen molar-refractivity contribution in [2.24, 2.45) is 5.92 Å². The lowest BCUT2D eigenvalue weighted by atomic mass is 9.92. The molecule has 1 aromatic carbocycles. The Morgan fingerprint density at radius 1 is 1.27 bits per heavy atom. The molecule has 0 bridgehead atoms. The Kier molecular flexibility index (Phi) is 4.99. The van der Waals surface area contributed by atoms with Crippen LogP contribution in [0.5, 0.6) is 0 Å². The Morgan fingerprint density at radius 2 is 2.08 bits per heavy atom. The fraction of sp³-hybridized carbons (Fsp3) is 0.650. The van der Waals surface area contributed by atoms with Gasteiger partial charge in [0.1, 0.15) is 5.82 Å². The van der Waals surface area contributed by atoms with Crippen molar-refractivity contribution in [1.82, 2.24) is 9.80 Å². The molecule has 142 valence electrons. The van der Waals surface area contributed by atoms with Crippen molar-refractivity contribution >= 4 is 11.6 Å². The average Bonchev–Trinajstić information content (AvgIpc) is 3.03. The highest BCUT2D eigenvalue weighted by molar-refractivity contribution is 5.96. The molecule has 4 rings (SSSR count). The van der Waals surface area contributed by atoms with E-state index in [0.29, 0.717) is 24.7 Å². The van der Waals surface area contributed by atoms with E-state index < -0.39 is 0 Å². The largest absolute Gasteiger partial charge is 0.381 e. The minimum absolute atomic E-state index is 0.0363. The molecule has 1 unspecified atom stereocenters. The molecule has 6 heteroatoms. The van der Waals surface area contributed by atoms with E-state index in [-0.39, 0.29) is 17.3 Å². The lowest BCUT2D eigenvalue weighted by molar-refractivity contribution is -0.123. The molecule has 3 aliphatic rings. The summed E-state index contributed by atoms with van der Waals surface area (Å²) in [6.45, 7) is 5.94. The zero-order valence-corrected chi connectivity index (χ0v) is 15.5. The maximum Gasteiger partial charge on any atom is 0.241 e. The minimum Gasteiger partial charge on any atom is -0.381 e. The average molecular weight is 361 g/mol. The number of likely N-dealkylation sites (tertiary alicyclic amines) is 1. The van der Waals surface area contributed by atoms with Crippen molar-refractivity contribution < 1.29 is 13.9 Å². The Balaban J connectivity index is 1.47. The van der Waals surface area contributed by atoms with Gasteiger partial charge in [-0.15, -0.1) is 0 Å². The van der Waals surface area contributed by atoms with Crippen LogP contribution in [0.2, 0.25) is 0 Å². The molecule has 0 aromatic heterocycles. The van der Waals surface area contributed by atoms with Crippen molar-refractivity contribution in [3.05, 3.63) is 30.1 Å². The van der Waals surface area contributed by atoms with Crippen LogP contribution in [0.25, 0.3) is 0 Å². The Bertz CT molecular complexity index is 664. The van der Waals surface area contributed by atoms with Gasteiger partial charge in [0.2, 0.25) is 5.91 Å². The summed E-state index contributed by atoms with van der Waals surface area (Å²) in [6.07, 6.45) is 3.34. The summed E-state index contributed by atoms with van der Waals surface area (Å²) in [5.41, 5.74) is 0.635. The molecule has 0 N–H and O–H groups in total. The zero-order chi connectivity index (χ0) is 18.1. The smallest absolute Gasteiger partial charge is 0.241 e. The maximum absolute atomic E-state index is 13.7. The van der Waals surface area contributed by atoms with E-state index in [9.17, 15) is 9.18 Å². The van der Waals surface area contributed by atoms with Gasteiger partial charge in [0.05, 0.1) is 12.1 Å². The maximum atomic E-state index is 13.7. The number of piperazine rings is 1. The third kappa shape index (κ3) is 3.50.